The van der Waals surface area contributed by atoms with E-state index in [1.54, 1.807) is 63.6 Å². The van der Waals surface area contributed by atoms with Gasteiger partial charge in [-0.2, -0.15) is 0 Å². The molecule has 0 bridgehead atoms. The molecular formula is C24H24FN5O3S. The molecule has 10 heteroatoms. The molecule has 0 saturated heterocycles. The van der Waals surface area contributed by atoms with Gasteiger partial charge in [-0.25, -0.2) is 14.4 Å². The van der Waals surface area contributed by atoms with Gasteiger partial charge in [0.05, 0.1) is 5.54 Å². The van der Waals surface area contributed by atoms with Gasteiger partial charge in [0, 0.05) is 30.7 Å². The van der Waals surface area contributed by atoms with E-state index in [-0.39, 0.29) is 34.7 Å². The van der Waals surface area contributed by atoms with Gasteiger partial charge in [0.25, 0.3) is 5.91 Å². The van der Waals surface area contributed by atoms with Crippen LogP contribution in [0.2, 0.25) is 0 Å². The number of nitrogens with one attached hydrogen (secondary N) is 1. The Morgan fingerprint density at radius 3 is 2.62 bits per heavy atom. The number of aromatic nitrogens is 2. The summed E-state index contributed by atoms with van der Waals surface area (Å²) >= 11 is 1.33. The highest BCUT2D eigenvalue weighted by atomic mass is 32.1. The number of carbonyl (C=O) groups is 1. The van der Waals surface area contributed by atoms with Crippen LogP contribution in [0.1, 0.15) is 39.8 Å². The second-order valence-electron chi connectivity index (χ2n) is 8.31. The largest absolute Gasteiger partial charge is 0.506 e. The van der Waals surface area contributed by atoms with Crippen molar-refractivity contribution in [3.63, 3.8) is 0 Å². The van der Waals surface area contributed by atoms with E-state index in [1.165, 1.54) is 28.4 Å². The molecule has 0 aliphatic carbocycles. The van der Waals surface area contributed by atoms with Gasteiger partial charge in [0.15, 0.2) is 5.76 Å². The van der Waals surface area contributed by atoms with E-state index in [1.807, 2.05) is 0 Å². The number of pyridine rings is 1. The molecule has 2 aromatic heterocycles. The molecule has 0 fully saturated rings. The minimum absolute atomic E-state index is 0.222. The zero-order chi connectivity index (χ0) is 24.5. The van der Waals surface area contributed by atoms with Crippen molar-refractivity contribution in [2.45, 2.75) is 32.0 Å². The van der Waals surface area contributed by atoms with Crippen LogP contribution in [0, 0.1) is 5.82 Å². The molecule has 1 aliphatic rings. The molecule has 1 unspecified atom stereocenters. The van der Waals surface area contributed by atoms with Crippen molar-refractivity contribution in [1.82, 2.24) is 20.2 Å². The van der Waals surface area contributed by atoms with Crippen molar-refractivity contribution >= 4 is 28.8 Å². The molecule has 176 valence electrons. The van der Waals surface area contributed by atoms with Crippen LogP contribution in [0.25, 0.3) is 5.70 Å². The van der Waals surface area contributed by atoms with Crippen LogP contribution < -0.4 is 5.32 Å². The van der Waals surface area contributed by atoms with E-state index >= 15 is 0 Å². The van der Waals surface area contributed by atoms with E-state index in [4.69, 9.17) is 0 Å². The van der Waals surface area contributed by atoms with Crippen molar-refractivity contribution in [3.8, 4) is 0 Å². The van der Waals surface area contributed by atoms with E-state index in [0.29, 0.717) is 11.4 Å². The van der Waals surface area contributed by atoms with Crippen LogP contribution in [-0.2, 0) is 6.42 Å². The summed E-state index contributed by atoms with van der Waals surface area (Å²) in [4.78, 5) is 28.0. The van der Waals surface area contributed by atoms with Crippen molar-refractivity contribution in [2.24, 2.45) is 4.99 Å². The Kier molecular flexibility index (Phi) is 6.45. The molecule has 0 radical (unpaired) electrons. The van der Waals surface area contributed by atoms with Gasteiger partial charge in [-0.3, -0.25) is 9.78 Å². The zero-order valence-electron chi connectivity index (χ0n) is 18.9. The van der Waals surface area contributed by atoms with Crippen molar-refractivity contribution < 1.29 is 19.4 Å². The summed E-state index contributed by atoms with van der Waals surface area (Å²) in [5, 5.41) is 24.5. The predicted octanol–water partition coefficient (Wildman–Crippen LogP) is 3.37. The lowest BCUT2D eigenvalue weighted by atomic mass is 9.99. The van der Waals surface area contributed by atoms with Gasteiger partial charge < -0.3 is 20.4 Å². The molecule has 4 rings (SSSR count). The fourth-order valence-electron chi connectivity index (χ4n) is 3.38. The summed E-state index contributed by atoms with van der Waals surface area (Å²) in [5.74, 6) is -0.693. The number of benzene rings is 1. The third-order valence-corrected chi connectivity index (χ3v) is 6.68. The summed E-state index contributed by atoms with van der Waals surface area (Å²) in [7, 11) is 1.62. The molecule has 0 spiro atoms. The number of aliphatic imine (C=N–C) groups is 1. The third kappa shape index (κ3) is 4.68. The first-order valence-corrected chi connectivity index (χ1v) is 11.3. The maximum absolute atomic E-state index is 13.2. The van der Waals surface area contributed by atoms with Crippen LogP contribution in [-0.4, -0.2) is 55.6 Å². The van der Waals surface area contributed by atoms with Crippen molar-refractivity contribution in [2.75, 3.05) is 7.05 Å². The summed E-state index contributed by atoms with van der Waals surface area (Å²) < 4.78 is 13.2. The molecule has 1 amide bonds. The third-order valence-electron chi connectivity index (χ3n) is 5.66. The molecule has 3 N–H and O–H groups in total. The average molecular weight is 482 g/mol. The Labute approximate surface area is 200 Å². The summed E-state index contributed by atoms with van der Waals surface area (Å²) in [6.07, 6.45) is 2.25. The average Bonchev–Trinajstić information content (AvgIpc) is 3.29. The topological polar surface area (TPSA) is 111 Å². The Morgan fingerprint density at radius 2 is 1.94 bits per heavy atom. The van der Waals surface area contributed by atoms with Crippen LogP contribution >= 0.6 is 11.3 Å². The Balaban J connectivity index is 1.56. The number of rotatable bonds is 6. The van der Waals surface area contributed by atoms with Crippen LogP contribution in [0.15, 0.2) is 65.6 Å². The lowest BCUT2D eigenvalue weighted by Crippen LogP contribution is -2.56. The fraction of sp³-hybridized carbons (Fsp3) is 0.250. The first-order valence-electron chi connectivity index (χ1n) is 10.5. The number of nitrogens with zero attached hydrogens (tertiary/aromatic N) is 4. The second-order valence-corrected chi connectivity index (χ2v) is 9.42. The number of halogens is 1. The molecule has 34 heavy (non-hydrogen) atoms. The van der Waals surface area contributed by atoms with Crippen LogP contribution in [0.5, 0.6) is 0 Å². The Hall–Kier alpha value is -3.63. The lowest BCUT2D eigenvalue weighted by molar-refractivity contribution is 0.0696. The van der Waals surface area contributed by atoms with E-state index < -0.39 is 11.8 Å². The minimum atomic E-state index is -1.51. The Morgan fingerprint density at radius 1 is 1.21 bits per heavy atom. The van der Waals surface area contributed by atoms with Gasteiger partial charge >= 0.3 is 0 Å². The maximum Gasteiger partial charge on any atom is 0.273 e. The summed E-state index contributed by atoms with van der Waals surface area (Å²) in [5.41, 5.74) is 0.443. The molecule has 1 aliphatic heterocycles. The SMILES string of the molecule is CN(C(=O)c1ccccn1)C(C)(C)C1=NC(O)C(O)=C(c2ncc(Cc3ccc(F)cc3)s2)N1. The fourth-order valence-corrected chi connectivity index (χ4v) is 4.34. The zero-order valence-corrected chi connectivity index (χ0v) is 19.7. The highest BCUT2D eigenvalue weighted by Gasteiger charge is 2.38. The monoisotopic (exact) mass is 481 g/mol. The van der Waals surface area contributed by atoms with Gasteiger partial charge in [0.2, 0.25) is 6.23 Å². The van der Waals surface area contributed by atoms with Gasteiger partial charge in [-0.1, -0.05) is 18.2 Å². The van der Waals surface area contributed by atoms with Crippen molar-refractivity contribution in [1.29, 1.82) is 0 Å². The first-order chi connectivity index (χ1) is 16.2. The molecule has 1 atom stereocenters. The summed E-state index contributed by atoms with van der Waals surface area (Å²) in [6, 6.07) is 11.3. The molecule has 3 heterocycles. The number of amides is 1. The number of likely N-dealkylation sites (N-methyl/N-ethyl adjacent to an activating group) is 1. The number of aliphatic hydroxyl groups is 2. The number of carbonyl (C=O) groups excluding carboxylic acids is 1. The quantitative estimate of drug-likeness (QED) is 0.498. The molecule has 1 aromatic carbocycles. The predicted molar refractivity (Wildman–Crippen MR) is 128 cm³/mol. The van der Waals surface area contributed by atoms with Crippen molar-refractivity contribution in [3.05, 3.63) is 87.6 Å². The second kappa shape index (κ2) is 9.32. The van der Waals surface area contributed by atoms with Gasteiger partial charge in [-0.15, -0.1) is 11.3 Å². The lowest BCUT2D eigenvalue weighted by Gasteiger charge is -2.38. The molecule has 8 nitrogen and oxygen atoms in total. The van der Waals surface area contributed by atoms with Gasteiger partial charge in [0.1, 0.15) is 28.1 Å². The Bertz CT molecular complexity index is 1260. The first kappa shape index (κ1) is 23.5. The highest BCUT2D eigenvalue weighted by molar-refractivity contribution is 7.12. The van der Waals surface area contributed by atoms with Crippen LogP contribution in [0.3, 0.4) is 0 Å². The number of aliphatic hydroxyl groups excluding tert-OH is 2. The highest BCUT2D eigenvalue weighted by Crippen LogP contribution is 2.29. The van der Waals surface area contributed by atoms with Gasteiger partial charge in [-0.05, 0) is 43.7 Å². The standard InChI is InChI=1S/C24H24FN5O3S/c1-24(2,30(3)22(33)17-6-4-5-11-26-17)23-28-18(19(31)20(32)29-23)21-27-13-16(34-21)12-14-7-9-15(25)10-8-14/h4-11,13,20,31-32H,12H2,1-3H3,(H,28,29). The van der Waals surface area contributed by atoms with E-state index in [2.05, 4.69) is 20.3 Å². The van der Waals surface area contributed by atoms with Crippen LogP contribution in [0.4, 0.5) is 4.39 Å². The number of hydrogen-bond acceptors (Lipinski definition) is 8. The number of amidine groups is 1. The normalized spacial score (nSPS) is 16.1. The molecule has 0 saturated carbocycles. The number of hydrogen-bond donors (Lipinski definition) is 3. The van der Waals surface area contributed by atoms with E-state index in [0.717, 1.165) is 10.4 Å². The number of thiazole rings is 1. The maximum atomic E-state index is 13.2. The summed E-state index contributed by atoms with van der Waals surface area (Å²) in [6.45, 7) is 3.54. The smallest absolute Gasteiger partial charge is 0.273 e. The molecular weight excluding hydrogens is 457 g/mol. The van der Waals surface area contributed by atoms with E-state index in [9.17, 15) is 19.4 Å². The molecule has 3 aromatic rings. The minimum Gasteiger partial charge on any atom is -0.506 e.